The van der Waals surface area contributed by atoms with Crippen LogP contribution in [0.4, 0.5) is 0 Å². The minimum Gasteiger partial charge on any atom is -0.467 e. The summed E-state index contributed by atoms with van der Waals surface area (Å²) in [6.45, 7) is 0.613. The van der Waals surface area contributed by atoms with Crippen LogP contribution in [-0.2, 0) is 6.54 Å². The lowest BCUT2D eigenvalue weighted by atomic mass is 10.0. The van der Waals surface area contributed by atoms with Crippen molar-refractivity contribution in [1.29, 1.82) is 0 Å². The summed E-state index contributed by atoms with van der Waals surface area (Å²) in [6, 6.07) is 12.6. The van der Waals surface area contributed by atoms with E-state index in [1.165, 1.54) is 10.5 Å². The molecule has 3 rings (SSSR count). The standard InChI is InChI=1S/C15H16N2OS2/c19-15(16-10-11-4-3-8-18-11)17-13-7-9-20-14-6-2-1-5-12(13)14/h1-6,8,13H,7,9-10H2,(H2,16,17,19)/t13-/m0/s1. The van der Waals surface area contributed by atoms with E-state index in [2.05, 4.69) is 34.9 Å². The summed E-state index contributed by atoms with van der Waals surface area (Å²) in [4.78, 5) is 1.35. The van der Waals surface area contributed by atoms with Crippen LogP contribution in [0.1, 0.15) is 23.8 Å². The molecule has 104 valence electrons. The Morgan fingerprint density at radius 1 is 1.30 bits per heavy atom. The Labute approximate surface area is 128 Å². The third-order valence-corrected chi connectivity index (χ3v) is 4.65. The predicted octanol–water partition coefficient (Wildman–Crippen LogP) is 3.48. The molecule has 0 bridgehead atoms. The number of fused-ring (bicyclic) bond motifs is 1. The first kappa shape index (κ1) is 13.5. The van der Waals surface area contributed by atoms with Gasteiger partial charge in [0.1, 0.15) is 5.76 Å². The number of rotatable bonds is 3. The van der Waals surface area contributed by atoms with E-state index in [9.17, 15) is 0 Å². The zero-order chi connectivity index (χ0) is 13.8. The average molecular weight is 304 g/mol. The van der Waals surface area contributed by atoms with Crippen LogP contribution >= 0.6 is 24.0 Å². The zero-order valence-corrected chi connectivity index (χ0v) is 12.6. The van der Waals surface area contributed by atoms with Crippen LogP contribution in [0.3, 0.4) is 0 Å². The lowest BCUT2D eigenvalue weighted by Crippen LogP contribution is -2.38. The highest BCUT2D eigenvalue weighted by atomic mass is 32.2. The van der Waals surface area contributed by atoms with Gasteiger partial charge in [-0.1, -0.05) is 18.2 Å². The first-order valence-corrected chi connectivity index (χ1v) is 8.01. The largest absolute Gasteiger partial charge is 0.467 e. The number of hydrogen-bond acceptors (Lipinski definition) is 3. The smallest absolute Gasteiger partial charge is 0.167 e. The molecule has 0 spiro atoms. The molecule has 2 aromatic rings. The van der Waals surface area contributed by atoms with Gasteiger partial charge in [-0.25, -0.2) is 0 Å². The van der Waals surface area contributed by atoms with Crippen molar-refractivity contribution in [3.05, 3.63) is 54.0 Å². The van der Waals surface area contributed by atoms with E-state index >= 15 is 0 Å². The van der Waals surface area contributed by atoms with Crippen molar-refractivity contribution < 1.29 is 4.42 Å². The van der Waals surface area contributed by atoms with E-state index in [0.717, 1.165) is 17.9 Å². The summed E-state index contributed by atoms with van der Waals surface area (Å²) in [5.74, 6) is 2.00. The number of furan rings is 1. The molecular weight excluding hydrogens is 288 g/mol. The molecule has 2 N–H and O–H groups in total. The van der Waals surface area contributed by atoms with Gasteiger partial charge in [-0.15, -0.1) is 11.8 Å². The molecule has 0 amide bonds. The van der Waals surface area contributed by atoms with Gasteiger partial charge in [-0.05, 0) is 42.4 Å². The maximum absolute atomic E-state index is 5.37. The monoisotopic (exact) mass is 304 g/mol. The van der Waals surface area contributed by atoms with E-state index in [4.69, 9.17) is 16.6 Å². The fraction of sp³-hybridized carbons (Fsp3) is 0.267. The minimum absolute atomic E-state index is 0.295. The van der Waals surface area contributed by atoms with Gasteiger partial charge in [0.25, 0.3) is 0 Å². The van der Waals surface area contributed by atoms with Crippen LogP contribution in [0, 0.1) is 0 Å². The van der Waals surface area contributed by atoms with Gasteiger partial charge in [-0.2, -0.15) is 0 Å². The summed E-state index contributed by atoms with van der Waals surface area (Å²) in [5.41, 5.74) is 1.34. The average Bonchev–Trinajstić information content (AvgIpc) is 2.99. The van der Waals surface area contributed by atoms with Gasteiger partial charge < -0.3 is 15.1 Å². The lowest BCUT2D eigenvalue weighted by Gasteiger charge is -2.27. The van der Waals surface area contributed by atoms with Gasteiger partial charge in [0.2, 0.25) is 0 Å². The maximum Gasteiger partial charge on any atom is 0.167 e. The summed E-state index contributed by atoms with van der Waals surface area (Å²) < 4.78 is 5.28. The fourth-order valence-electron chi connectivity index (χ4n) is 2.28. The van der Waals surface area contributed by atoms with Crippen molar-refractivity contribution in [2.24, 2.45) is 0 Å². The number of hydrogen-bond donors (Lipinski definition) is 2. The molecule has 5 heteroatoms. The fourth-order valence-corrected chi connectivity index (χ4v) is 3.62. The molecule has 2 heterocycles. The summed E-state index contributed by atoms with van der Waals surface area (Å²) in [7, 11) is 0. The van der Waals surface area contributed by atoms with E-state index in [1.54, 1.807) is 6.26 Å². The van der Waals surface area contributed by atoms with Crippen LogP contribution in [-0.4, -0.2) is 10.9 Å². The molecule has 1 aromatic heterocycles. The van der Waals surface area contributed by atoms with E-state index < -0.39 is 0 Å². The van der Waals surface area contributed by atoms with Gasteiger partial charge in [-0.3, -0.25) is 0 Å². The molecule has 0 fully saturated rings. The van der Waals surface area contributed by atoms with Crippen molar-refractivity contribution in [2.75, 3.05) is 5.75 Å². The Hall–Kier alpha value is -1.46. The first-order chi connectivity index (χ1) is 9.83. The molecule has 0 saturated heterocycles. The van der Waals surface area contributed by atoms with Crippen LogP contribution < -0.4 is 10.6 Å². The Kier molecular flexibility index (Phi) is 4.28. The van der Waals surface area contributed by atoms with Crippen molar-refractivity contribution >= 4 is 29.1 Å². The molecule has 1 aromatic carbocycles. The number of thiocarbonyl (C=S) groups is 1. The van der Waals surface area contributed by atoms with E-state index in [1.807, 2.05) is 23.9 Å². The lowest BCUT2D eigenvalue weighted by molar-refractivity contribution is 0.500. The van der Waals surface area contributed by atoms with Gasteiger partial charge in [0.05, 0.1) is 18.8 Å². The highest BCUT2D eigenvalue weighted by molar-refractivity contribution is 7.99. The quantitative estimate of drug-likeness (QED) is 0.849. The zero-order valence-electron chi connectivity index (χ0n) is 11.0. The van der Waals surface area contributed by atoms with Crippen molar-refractivity contribution in [2.45, 2.75) is 23.9 Å². The molecule has 1 aliphatic heterocycles. The molecule has 3 nitrogen and oxygen atoms in total. The van der Waals surface area contributed by atoms with Crippen LogP contribution in [0.2, 0.25) is 0 Å². The molecule has 0 aliphatic carbocycles. The van der Waals surface area contributed by atoms with E-state index in [-0.39, 0.29) is 0 Å². The molecule has 0 saturated carbocycles. The van der Waals surface area contributed by atoms with Gasteiger partial charge in [0.15, 0.2) is 5.11 Å². The van der Waals surface area contributed by atoms with Crippen molar-refractivity contribution in [1.82, 2.24) is 10.6 Å². The topological polar surface area (TPSA) is 37.2 Å². The molecule has 1 atom stereocenters. The highest BCUT2D eigenvalue weighted by Crippen LogP contribution is 2.35. The second-order valence-corrected chi connectivity index (χ2v) is 6.18. The SMILES string of the molecule is S=C(NCc1ccco1)N[C@H]1CCSc2ccccc21. The third kappa shape index (κ3) is 3.16. The van der Waals surface area contributed by atoms with Gasteiger partial charge >= 0.3 is 0 Å². The Balaban J connectivity index is 1.59. The summed E-state index contributed by atoms with van der Waals surface area (Å²) in [6.07, 6.45) is 2.76. The van der Waals surface area contributed by atoms with Gasteiger partial charge in [0, 0.05) is 10.6 Å². The molecule has 1 aliphatic rings. The third-order valence-electron chi connectivity index (χ3n) is 3.27. The van der Waals surface area contributed by atoms with Crippen LogP contribution in [0.25, 0.3) is 0 Å². The number of benzene rings is 1. The second kappa shape index (κ2) is 6.33. The Bertz CT molecular complexity index is 583. The highest BCUT2D eigenvalue weighted by Gasteiger charge is 2.20. The summed E-state index contributed by atoms with van der Waals surface area (Å²) in [5, 5.41) is 7.26. The Morgan fingerprint density at radius 3 is 3.05 bits per heavy atom. The molecular formula is C15H16N2OS2. The van der Waals surface area contributed by atoms with Crippen molar-refractivity contribution in [3.8, 4) is 0 Å². The molecule has 0 radical (unpaired) electrons. The molecule has 0 unspecified atom stereocenters. The van der Waals surface area contributed by atoms with Crippen molar-refractivity contribution in [3.63, 3.8) is 0 Å². The second-order valence-electron chi connectivity index (χ2n) is 4.63. The van der Waals surface area contributed by atoms with E-state index in [0.29, 0.717) is 17.7 Å². The predicted molar refractivity (Wildman–Crippen MR) is 85.8 cm³/mol. The first-order valence-electron chi connectivity index (χ1n) is 6.61. The number of nitrogens with one attached hydrogen (secondary N) is 2. The minimum atomic E-state index is 0.295. The molecule has 20 heavy (non-hydrogen) atoms. The Morgan fingerprint density at radius 2 is 2.20 bits per heavy atom. The van der Waals surface area contributed by atoms with Crippen LogP contribution in [0.15, 0.2) is 52.0 Å². The summed E-state index contributed by atoms with van der Waals surface area (Å²) >= 11 is 7.28. The normalized spacial score (nSPS) is 17.3. The maximum atomic E-state index is 5.37. The number of thioether (sulfide) groups is 1. The van der Waals surface area contributed by atoms with Crippen LogP contribution in [0.5, 0.6) is 0 Å².